The van der Waals surface area contributed by atoms with Gasteiger partial charge in [-0.2, -0.15) is 0 Å². The van der Waals surface area contributed by atoms with Crippen LogP contribution in [0.25, 0.3) is 0 Å². The maximum absolute atomic E-state index is 11.1. The molecule has 0 saturated carbocycles. The number of rotatable bonds is 4. The van der Waals surface area contributed by atoms with E-state index in [9.17, 15) is 4.79 Å². The molecule has 0 bridgehead atoms. The largest absolute Gasteiger partial charge is 0.478 e. The number of nitrogens with zero attached hydrogens (tertiary/aromatic N) is 2. The third-order valence-corrected chi connectivity index (χ3v) is 3.62. The van der Waals surface area contributed by atoms with E-state index in [0.717, 1.165) is 30.9 Å². The fourth-order valence-corrected chi connectivity index (χ4v) is 2.59. The minimum absolute atomic E-state index is 0.346. The Morgan fingerprint density at radius 2 is 2.28 bits per heavy atom. The second kappa shape index (κ2) is 5.38. The van der Waals surface area contributed by atoms with Crippen molar-refractivity contribution in [3.05, 3.63) is 23.4 Å². The number of pyridine rings is 1. The second-order valence-corrected chi connectivity index (χ2v) is 4.76. The fraction of sp³-hybridized carbons (Fsp3) is 0.571. The number of aryl methyl sites for hydroxylation is 1. The van der Waals surface area contributed by atoms with Gasteiger partial charge in [0.05, 0.1) is 5.56 Å². The van der Waals surface area contributed by atoms with Gasteiger partial charge in [0, 0.05) is 18.3 Å². The Morgan fingerprint density at radius 1 is 1.50 bits per heavy atom. The first kappa shape index (κ1) is 12.9. The standard InChI is InChI=1S/C14H20N2O2/c1-3-11-8-10(14(17)18)9-13(15-11)16-7-5-6-12(16)4-2/h8-9,12H,3-7H2,1-2H3,(H,17,18). The highest BCUT2D eigenvalue weighted by Crippen LogP contribution is 2.27. The molecule has 1 aliphatic rings. The van der Waals surface area contributed by atoms with E-state index in [-0.39, 0.29) is 0 Å². The summed E-state index contributed by atoms with van der Waals surface area (Å²) in [5, 5.41) is 9.15. The quantitative estimate of drug-likeness (QED) is 0.890. The highest BCUT2D eigenvalue weighted by Gasteiger charge is 2.25. The van der Waals surface area contributed by atoms with Gasteiger partial charge in [-0.3, -0.25) is 0 Å². The Morgan fingerprint density at radius 3 is 2.89 bits per heavy atom. The molecule has 2 rings (SSSR count). The molecule has 1 unspecified atom stereocenters. The molecule has 4 heteroatoms. The molecule has 1 aromatic heterocycles. The summed E-state index contributed by atoms with van der Waals surface area (Å²) >= 11 is 0. The van der Waals surface area contributed by atoms with E-state index in [1.807, 2.05) is 6.92 Å². The number of aromatic nitrogens is 1. The van der Waals surface area contributed by atoms with Gasteiger partial charge in [0.2, 0.25) is 0 Å². The fourth-order valence-electron chi connectivity index (χ4n) is 2.59. The molecular weight excluding hydrogens is 228 g/mol. The van der Waals surface area contributed by atoms with Gasteiger partial charge in [-0.25, -0.2) is 9.78 Å². The first-order valence-corrected chi connectivity index (χ1v) is 6.66. The van der Waals surface area contributed by atoms with Crippen molar-refractivity contribution in [2.45, 2.75) is 45.6 Å². The van der Waals surface area contributed by atoms with Crippen LogP contribution in [0.4, 0.5) is 5.82 Å². The van der Waals surface area contributed by atoms with E-state index >= 15 is 0 Å². The lowest BCUT2D eigenvalue weighted by molar-refractivity contribution is 0.0696. The monoisotopic (exact) mass is 248 g/mol. The normalized spacial score (nSPS) is 19.2. The molecule has 0 amide bonds. The van der Waals surface area contributed by atoms with Crippen LogP contribution in [0.5, 0.6) is 0 Å². The maximum atomic E-state index is 11.1. The van der Waals surface area contributed by atoms with Gasteiger partial charge in [-0.15, -0.1) is 0 Å². The van der Waals surface area contributed by atoms with Crippen LogP contribution in [0.1, 0.15) is 49.2 Å². The molecule has 1 atom stereocenters. The van der Waals surface area contributed by atoms with Crippen LogP contribution in [0.2, 0.25) is 0 Å². The molecule has 98 valence electrons. The number of hydrogen-bond acceptors (Lipinski definition) is 3. The zero-order valence-corrected chi connectivity index (χ0v) is 11.0. The Bertz CT molecular complexity index is 445. The Kier molecular flexibility index (Phi) is 3.84. The molecule has 1 aliphatic heterocycles. The van der Waals surface area contributed by atoms with Crippen LogP contribution in [0, 0.1) is 0 Å². The van der Waals surface area contributed by atoms with E-state index < -0.39 is 5.97 Å². The second-order valence-electron chi connectivity index (χ2n) is 4.76. The zero-order chi connectivity index (χ0) is 13.1. The van der Waals surface area contributed by atoms with E-state index in [0.29, 0.717) is 11.6 Å². The van der Waals surface area contributed by atoms with Gasteiger partial charge >= 0.3 is 5.97 Å². The van der Waals surface area contributed by atoms with E-state index in [4.69, 9.17) is 5.11 Å². The summed E-state index contributed by atoms with van der Waals surface area (Å²) in [5.41, 5.74) is 1.20. The van der Waals surface area contributed by atoms with Crippen LogP contribution in [0.3, 0.4) is 0 Å². The van der Waals surface area contributed by atoms with Crippen molar-refractivity contribution >= 4 is 11.8 Å². The molecule has 0 radical (unpaired) electrons. The van der Waals surface area contributed by atoms with E-state index in [2.05, 4.69) is 16.8 Å². The summed E-state index contributed by atoms with van der Waals surface area (Å²) in [6, 6.07) is 3.88. The summed E-state index contributed by atoms with van der Waals surface area (Å²) in [5.74, 6) is -0.0447. The molecule has 0 spiro atoms. The van der Waals surface area contributed by atoms with Crippen molar-refractivity contribution in [1.82, 2.24) is 4.98 Å². The lowest BCUT2D eigenvalue weighted by Gasteiger charge is -2.25. The predicted octanol–water partition coefficient (Wildman–Crippen LogP) is 2.72. The highest BCUT2D eigenvalue weighted by atomic mass is 16.4. The van der Waals surface area contributed by atoms with Crippen molar-refractivity contribution in [2.24, 2.45) is 0 Å². The third-order valence-electron chi connectivity index (χ3n) is 3.62. The summed E-state index contributed by atoms with van der Waals surface area (Å²) in [7, 11) is 0. The first-order valence-electron chi connectivity index (χ1n) is 6.66. The molecule has 0 aliphatic carbocycles. The molecule has 0 aromatic carbocycles. The van der Waals surface area contributed by atoms with Crippen LogP contribution in [0.15, 0.2) is 12.1 Å². The summed E-state index contributed by atoms with van der Waals surface area (Å²) < 4.78 is 0. The zero-order valence-electron chi connectivity index (χ0n) is 11.0. The molecule has 1 fully saturated rings. The molecule has 1 N–H and O–H groups in total. The molecular formula is C14H20N2O2. The molecule has 2 heterocycles. The van der Waals surface area contributed by atoms with Crippen LogP contribution in [-0.4, -0.2) is 28.6 Å². The van der Waals surface area contributed by atoms with Crippen molar-refractivity contribution in [1.29, 1.82) is 0 Å². The third kappa shape index (κ3) is 2.47. The number of carboxylic acids is 1. The summed E-state index contributed by atoms with van der Waals surface area (Å²) in [6.07, 6.45) is 4.19. The van der Waals surface area contributed by atoms with Crippen molar-refractivity contribution in [2.75, 3.05) is 11.4 Å². The van der Waals surface area contributed by atoms with Crippen LogP contribution < -0.4 is 4.90 Å². The Balaban J connectivity index is 2.37. The average molecular weight is 248 g/mol. The topological polar surface area (TPSA) is 53.4 Å². The molecule has 18 heavy (non-hydrogen) atoms. The maximum Gasteiger partial charge on any atom is 0.335 e. The number of carboxylic acid groups (broad SMARTS) is 1. The van der Waals surface area contributed by atoms with Gasteiger partial charge in [0.1, 0.15) is 5.82 Å². The van der Waals surface area contributed by atoms with Gasteiger partial charge < -0.3 is 10.0 Å². The van der Waals surface area contributed by atoms with Gasteiger partial charge in [-0.05, 0) is 37.8 Å². The molecule has 4 nitrogen and oxygen atoms in total. The SMILES string of the molecule is CCc1cc(C(=O)O)cc(N2CCCC2CC)n1. The van der Waals surface area contributed by atoms with Crippen LogP contribution in [-0.2, 0) is 6.42 Å². The van der Waals surface area contributed by atoms with Crippen molar-refractivity contribution < 1.29 is 9.90 Å². The van der Waals surface area contributed by atoms with Crippen molar-refractivity contribution in [3.63, 3.8) is 0 Å². The molecule has 1 saturated heterocycles. The average Bonchev–Trinajstić information content (AvgIpc) is 2.86. The summed E-state index contributed by atoms with van der Waals surface area (Å²) in [6.45, 7) is 5.15. The highest BCUT2D eigenvalue weighted by molar-refractivity contribution is 5.88. The number of carbonyl (C=O) groups is 1. The first-order chi connectivity index (χ1) is 8.65. The number of anilines is 1. The lowest BCUT2D eigenvalue weighted by atomic mass is 10.1. The Hall–Kier alpha value is -1.58. The number of aromatic carboxylic acids is 1. The smallest absolute Gasteiger partial charge is 0.335 e. The van der Waals surface area contributed by atoms with Gasteiger partial charge in [-0.1, -0.05) is 13.8 Å². The summed E-state index contributed by atoms with van der Waals surface area (Å²) in [4.78, 5) is 18.0. The van der Waals surface area contributed by atoms with E-state index in [1.54, 1.807) is 12.1 Å². The Labute approximate surface area is 108 Å². The van der Waals surface area contributed by atoms with Gasteiger partial charge in [0.25, 0.3) is 0 Å². The van der Waals surface area contributed by atoms with Gasteiger partial charge in [0.15, 0.2) is 0 Å². The van der Waals surface area contributed by atoms with E-state index in [1.165, 1.54) is 12.8 Å². The molecule has 1 aromatic rings. The minimum Gasteiger partial charge on any atom is -0.478 e. The lowest BCUT2D eigenvalue weighted by Crippen LogP contribution is -2.29. The predicted molar refractivity (Wildman–Crippen MR) is 71.2 cm³/mol. The minimum atomic E-state index is -0.874. The van der Waals surface area contributed by atoms with Crippen molar-refractivity contribution in [3.8, 4) is 0 Å². The van der Waals surface area contributed by atoms with Crippen LogP contribution >= 0.6 is 0 Å². The number of hydrogen-bond donors (Lipinski definition) is 1.